The topological polar surface area (TPSA) is 184 Å². The molecule has 12 heteroatoms. The zero-order chi connectivity index (χ0) is 26.2. The molecule has 2 amide bonds. The molecule has 0 spiro atoms. The fraction of sp³-hybridized carbons (Fsp3) is 0.120. The number of aliphatic imine (C=N–C) groups is 1. The third kappa shape index (κ3) is 6.72. The van der Waals surface area contributed by atoms with Crippen molar-refractivity contribution in [3.05, 3.63) is 71.6 Å². The molecule has 0 atom stereocenters. The summed E-state index contributed by atoms with van der Waals surface area (Å²) in [4.78, 5) is 40.7. The van der Waals surface area contributed by atoms with Gasteiger partial charge in [-0.05, 0) is 42.0 Å². The number of carbonyl (C=O) groups excluding carboxylic acids is 2. The van der Waals surface area contributed by atoms with E-state index >= 15 is 0 Å². The van der Waals surface area contributed by atoms with Crippen LogP contribution in [0.4, 0.5) is 17.2 Å². The number of nitrogen functional groups attached to an aromatic ring is 2. The summed E-state index contributed by atoms with van der Waals surface area (Å²) < 4.78 is 5.11. The summed E-state index contributed by atoms with van der Waals surface area (Å²) in [5, 5.41) is 5.34. The van der Waals surface area contributed by atoms with E-state index in [4.69, 9.17) is 21.9 Å². The first kappa shape index (κ1) is 25.4. The summed E-state index contributed by atoms with van der Waals surface area (Å²) in [7, 11) is 0. The van der Waals surface area contributed by atoms with Crippen LogP contribution in [0.1, 0.15) is 16.1 Å². The number of rotatable bonds is 10. The third-order valence-electron chi connectivity index (χ3n) is 5.07. The van der Waals surface area contributed by atoms with Crippen LogP contribution >= 0.6 is 11.3 Å². The molecule has 3 heterocycles. The Morgan fingerprint density at radius 3 is 2.62 bits per heavy atom. The van der Waals surface area contributed by atoms with Crippen molar-refractivity contribution in [3.8, 4) is 21.7 Å². The molecule has 188 valence electrons. The molecule has 0 fully saturated rings. The average molecular weight is 517 g/mol. The Kier molecular flexibility index (Phi) is 8.13. The van der Waals surface area contributed by atoms with Gasteiger partial charge in [0.25, 0.3) is 5.91 Å². The molecule has 4 aromatic rings. The molecule has 0 unspecified atom stereocenters. The number of carbonyl (C=O) groups is 2. The lowest BCUT2D eigenvalue weighted by Gasteiger charge is -2.14. The highest BCUT2D eigenvalue weighted by atomic mass is 32.1. The average Bonchev–Trinajstić information content (AvgIpc) is 3.38. The van der Waals surface area contributed by atoms with Gasteiger partial charge in [-0.2, -0.15) is 0 Å². The van der Waals surface area contributed by atoms with Crippen molar-refractivity contribution in [2.45, 2.75) is 0 Å². The summed E-state index contributed by atoms with van der Waals surface area (Å²) in [5.41, 5.74) is 21.3. The molecule has 0 aliphatic heterocycles. The number of nitrogens with zero attached hydrogens (tertiary/aromatic N) is 4. The summed E-state index contributed by atoms with van der Waals surface area (Å²) in [6.45, 7) is 0.353. The normalized spacial score (nSPS) is 11.0. The van der Waals surface area contributed by atoms with Gasteiger partial charge >= 0.3 is 0 Å². The number of primary amides is 1. The van der Waals surface area contributed by atoms with E-state index in [1.54, 1.807) is 54.5 Å². The molecule has 37 heavy (non-hydrogen) atoms. The number of hydrogen-bond donors (Lipinski definition) is 4. The van der Waals surface area contributed by atoms with Crippen LogP contribution in [-0.2, 0) is 9.53 Å². The lowest BCUT2D eigenvalue weighted by Crippen LogP contribution is -2.19. The third-order valence-corrected chi connectivity index (χ3v) is 5.96. The first-order valence-corrected chi connectivity index (χ1v) is 12.0. The second kappa shape index (κ2) is 11.8. The molecular weight excluding hydrogens is 492 g/mol. The SMILES string of the molecule is NC(=O)COCCN=Cc1cc(NC(=O)c2csc(-c3ccncc3)n2)c(-c2ccnc(N)c2)cc1N. The van der Waals surface area contributed by atoms with E-state index in [-0.39, 0.29) is 24.8 Å². The van der Waals surface area contributed by atoms with E-state index in [0.29, 0.717) is 39.9 Å². The van der Waals surface area contributed by atoms with Crippen molar-refractivity contribution < 1.29 is 14.3 Å². The number of pyridine rings is 2. The highest BCUT2D eigenvalue weighted by Gasteiger charge is 2.16. The van der Waals surface area contributed by atoms with Gasteiger partial charge in [-0.3, -0.25) is 19.6 Å². The zero-order valence-electron chi connectivity index (χ0n) is 19.6. The number of nitrogens with one attached hydrogen (secondary N) is 1. The molecule has 0 radical (unpaired) electrons. The van der Waals surface area contributed by atoms with E-state index < -0.39 is 5.91 Å². The van der Waals surface area contributed by atoms with Crippen LogP contribution < -0.4 is 22.5 Å². The zero-order valence-corrected chi connectivity index (χ0v) is 20.4. The Hall–Kier alpha value is -4.68. The summed E-state index contributed by atoms with van der Waals surface area (Å²) in [6.07, 6.45) is 6.50. The fourth-order valence-corrected chi connectivity index (χ4v) is 4.15. The van der Waals surface area contributed by atoms with Crippen LogP contribution in [0.2, 0.25) is 0 Å². The second-order valence-corrected chi connectivity index (χ2v) is 8.64. The van der Waals surface area contributed by atoms with Crippen molar-refractivity contribution in [3.63, 3.8) is 0 Å². The minimum Gasteiger partial charge on any atom is -0.398 e. The Labute approximate surface area is 216 Å². The highest BCUT2D eigenvalue weighted by molar-refractivity contribution is 7.13. The van der Waals surface area contributed by atoms with Gasteiger partial charge in [0.1, 0.15) is 23.1 Å². The first-order valence-electron chi connectivity index (χ1n) is 11.1. The lowest BCUT2D eigenvalue weighted by molar-refractivity contribution is -0.122. The molecule has 0 aliphatic rings. The lowest BCUT2D eigenvalue weighted by atomic mass is 10.0. The van der Waals surface area contributed by atoms with Gasteiger partial charge in [-0.25, -0.2) is 9.97 Å². The summed E-state index contributed by atoms with van der Waals surface area (Å²) in [6, 6.07) is 10.6. The van der Waals surface area contributed by atoms with Crippen LogP contribution in [0, 0.1) is 0 Å². The number of thiazole rings is 1. The van der Waals surface area contributed by atoms with Crippen LogP contribution in [0.25, 0.3) is 21.7 Å². The maximum Gasteiger partial charge on any atom is 0.275 e. The van der Waals surface area contributed by atoms with Crippen molar-refractivity contribution in [2.24, 2.45) is 10.7 Å². The minimum absolute atomic E-state index is 0.170. The molecule has 0 saturated heterocycles. The fourth-order valence-electron chi connectivity index (χ4n) is 3.35. The Morgan fingerprint density at radius 2 is 1.86 bits per heavy atom. The predicted octanol–water partition coefficient (Wildman–Crippen LogP) is 2.60. The Bertz CT molecular complexity index is 1440. The molecular formula is C25H24N8O3S. The van der Waals surface area contributed by atoms with Crippen LogP contribution in [-0.4, -0.2) is 52.7 Å². The molecule has 1 aromatic carbocycles. The van der Waals surface area contributed by atoms with E-state index in [1.807, 2.05) is 12.1 Å². The summed E-state index contributed by atoms with van der Waals surface area (Å²) >= 11 is 1.36. The molecule has 4 rings (SSSR count). The van der Waals surface area contributed by atoms with Crippen molar-refractivity contribution in [1.82, 2.24) is 15.0 Å². The highest BCUT2D eigenvalue weighted by Crippen LogP contribution is 2.33. The van der Waals surface area contributed by atoms with Gasteiger partial charge in [0, 0.05) is 58.3 Å². The second-order valence-electron chi connectivity index (χ2n) is 7.78. The monoisotopic (exact) mass is 516 g/mol. The van der Waals surface area contributed by atoms with Gasteiger partial charge < -0.3 is 27.3 Å². The maximum atomic E-state index is 13.2. The molecule has 3 aromatic heterocycles. The van der Waals surface area contributed by atoms with Crippen LogP contribution in [0.3, 0.4) is 0 Å². The quantitative estimate of drug-likeness (QED) is 0.141. The number of amides is 2. The largest absolute Gasteiger partial charge is 0.398 e. The van der Waals surface area contributed by atoms with E-state index in [9.17, 15) is 9.59 Å². The number of hydrogen-bond acceptors (Lipinski definition) is 10. The van der Waals surface area contributed by atoms with E-state index in [1.165, 1.54) is 11.3 Å². The number of anilines is 3. The van der Waals surface area contributed by atoms with Gasteiger partial charge in [0.15, 0.2) is 0 Å². The number of nitrogens with two attached hydrogens (primary N) is 3. The summed E-state index contributed by atoms with van der Waals surface area (Å²) in [5.74, 6) is -0.599. The number of ether oxygens (including phenoxy) is 1. The van der Waals surface area contributed by atoms with E-state index in [0.717, 1.165) is 11.1 Å². The molecule has 7 N–H and O–H groups in total. The maximum absolute atomic E-state index is 13.2. The first-order chi connectivity index (χ1) is 17.9. The van der Waals surface area contributed by atoms with Crippen molar-refractivity contribution >= 4 is 46.6 Å². The van der Waals surface area contributed by atoms with Gasteiger partial charge in [0.05, 0.1) is 13.2 Å². The van der Waals surface area contributed by atoms with Gasteiger partial charge in [-0.1, -0.05) is 0 Å². The Balaban J connectivity index is 1.60. The van der Waals surface area contributed by atoms with Crippen LogP contribution in [0.5, 0.6) is 0 Å². The molecule has 0 saturated carbocycles. The number of benzene rings is 1. The molecule has 0 aliphatic carbocycles. The van der Waals surface area contributed by atoms with Crippen LogP contribution in [0.15, 0.2) is 65.4 Å². The molecule has 0 bridgehead atoms. The smallest absolute Gasteiger partial charge is 0.275 e. The number of aromatic nitrogens is 3. The minimum atomic E-state index is -0.547. The van der Waals surface area contributed by atoms with Crippen molar-refractivity contribution in [2.75, 3.05) is 36.5 Å². The predicted molar refractivity (Wildman–Crippen MR) is 144 cm³/mol. The molecule has 11 nitrogen and oxygen atoms in total. The standard InChI is InChI=1S/C25H24N8O3S/c26-19-11-18(16-3-6-31-22(27)10-16)20(9-17(19)12-30-7-8-36-13-23(28)34)32-24(35)21-14-37-25(33-21)15-1-4-29-5-2-15/h1-6,9-12,14H,7-8,13,26H2,(H2,27,31)(H2,28,34)(H,32,35). The van der Waals surface area contributed by atoms with Gasteiger partial charge in [-0.15, -0.1) is 11.3 Å². The van der Waals surface area contributed by atoms with Crippen molar-refractivity contribution in [1.29, 1.82) is 0 Å². The Morgan fingerprint density at radius 1 is 1.08 bits per heavy atom. The van der Waals surface area contributed by atoms with E-state index in [2.05, 4.69) is 25.3 Å². The van der Waals surface area contributed by atoms with Gasteiger partial charge in [0.2, 0.25) is 5.91 Å².